The third kappa shape index (κ3) is 0.864. The van der Waals surface area contributed by atoms with E-state index in [1.54, 1.807) is 11.7 Å². The minimum Gasteiger partial charge on any atom is -0.307 e. The lowest BCUT2D eigenvalue weighted by Gasteiger charge is -2.19. The van der Waals surface area contributed by atoms with Crippen molar-refractivity contribution in [1.29, 1.82) is 0 Å². The van der Waals surface area contributed by atoms with Gasteiger partial charge in [-0.15, -0.1) is 0 Å². The average Bonchev–Trinajstić information content (AvgIpc) is 2.59. The molecule has 0 unspecified atom stereocenters. The molecule has 3 rings (SSSR count). The molecule has 0 radical (unpaired) electrons. The maximum absolute atomic E-state index is 11.7. The van der Waals surface area contributed by atoms with Gasteiger partial charge in [-0.2, -0.15) is 0 Å². The highest BCUT2D eigenvalue weighted by molar-refractivity contribution is 5.27. The minimum absolute atomic E-state index is 0.146. The van der Waals surface area contributed by atoms with E-state index in [4.69, 9.17) is 0 Å². The van der Waals surface area contributed by atoms with E-state index in [0.29, 0.717) is 12.1 Å². The molecular formula is C9H13N3O. The summed E-state index contributed by atoms with van der Waals surface area (Å²) in [5, 5.41) is 6.60. The highest BCUT2D eigenvalue weighted by Gasteiger charge is 2.35. The molecule has 2 N–H and O–H groups in total. The van der Waals surface area contributed by atoms with Crippen molar-refractivity contribution >= 4 is 0 Å². The SMILES string of the molecule is Cn1[nH]c2c(c1=O)[C@@H]1CC[C@@H](C2)N1. The molecule has 3 heterocycles. The Kier molecular flexibility index (Phi) is 1.28. The second-order valence-electron chi connectivity index (χ2n) is 4.07. The number of hydrogen-bond acceptors (Lipinski definition) is 2. The van der Waals surface area contributed by atoms with Crippen LogP contribution in [0.15, 0.2) is 4.79 Å². The molecule has 2 aliphatic heterocycles. The molecule has 1 aromatic rings. The highest BCUT2D eigenvalue weighted by Crippen LogP contribution is 2.32. The van der Waals surface area contributed by atoms with Gasteiger partial charge in [0.2, 0.25) is 0 Å². The Morgan fingerprint density at radius 1 is 1.46 bits per heavy atom. The van der Waals surface area contributed by atoms with Gasteiger partial charge in [0.05, 0.1) is 5.56 Å². The van der Waals surface area contributed by atoms with Gasteiger partial charge in [0.1, 0.15) is 0 Å². The van der Waals surface area contributed by atoms with Crippen LogP contribution in [0.5, 0.6) is 0 Å². The lowest BCUT2D eigenvalue weighted by atomic mass is 10.0. The van der Waals surface area contributed by atoms with Crippen LogP contribution in [0.25, 0.3) is 0 Å². The lowest BCUT2D eigenvalue weighted by Crippen LogP contribution is -2.33. The Bertz CT molecular complexity index is 403. The molecule has 2 aliphatic rings. The second-order valence-corrected chi connectivity index (χ2v) is 4.07. The number of nitrogens with zero attached hydrogens (tertiary/aromatic N) is 1. The summed E-state index contributed by atoms with van der Waals surface area (Å²) in [6, 6.07) is 0.911. The van der Waals surface area contributed by atoms with Crippen LogP contribution in [0.3, 0.4) is 0 Å². The minimum atomic E-state index is 0.146. The molecule has 0 saturated carbocycles. The topological polar surface area (TPSA) is 49.8 Å². The Morgan fingerprint density at radius 3 is 3.15 bits per heavy atom. The maximum Gasteiger partial charge on any atom is 0.271 e. The molecule has 0 spiro atoms. The smallest absolute Gasteiger partial charge is 0.271 e. The normalized spacial score (nSPS) is 30.5. The zero-order valence-electron chi connectivity index (χ0n) is 7.63. The van der Waals surface area contributed by atoms with Crippen LogP contribution in [0, 0.1) is 0 Å². The van der Waals surface area contributed by atoms with Gasteiger partial charge in [-0.3, -0.25) is 14.6 Å². The van der Waals surface area contributed by atoms with Crippen molar-refractivity contribution in [3.8, 4) is 0 Å². The summed E-state index contributed by atoms with van der Waals surface area (Å²) in [4.78, 5) is 11.7. The molecule has 0 aromatic carbocycles. The molecule has 2 bridgehead atoms. The zero-order chi connectivity index (χ0) is 9.00. The van der Waals surface area contributed by atoms with E-state index in [9.17, 15) is 4.79 Å². The summed E-state index contributed by atoms with van der Waals surface area (Å²) in [6.07, 6.45) is 3.31. The van der Waals surface area contributed by atoms with Crippen molar-refractivity contribution < 1.29 is 0 Å². The van der Waals surface area contributed by atoms with Crippen LogP contribution in [0.2, 0.25) is 0 Å². The molecule has 4 nitrogen and oxygen atoms in total. The maximum atomic E-state index is 11.7. The second kappa shape index (κ2) is 2.26. The van der Waals surface area contributed by atoms with Gasteiger partial charge in [-0.25, -0.2) is 0 Å². The van der Waals surface area contributed by atoms with Crippen LogP contribution in [-0.4, -0.2) is 15.8 Å². The van der Waals surface area contributed by atoms with E-state index in [-0.39, 0.29) is 5.56 Å². The summed E-state index contributed by atoms with van der Waals surface area (Å²) >= 11 is 0. The van der Waals surface area contributed by atoms with Crippen LogP contribution in [0.1, 0.15) is 30.1 Å². The Labute approximate surface area is 75.9 Å². The molecule has 13 heavy (non-hydrogen) atoms. The number of aryl methyl sites for hydroxylation is 1. The Morgan fingerprint density at radius 2 is 2.31 bits per heavy atom. The first-order chi connectivity index (χ1) is 6.25. The first kappa shape index (κ1) is 7.38. The van der Waals surface area contributed by atoms with E-state index >= 15 is 0 Å². The van der Waals surface area contributed by atoms with Crippen LogP contribution >= 0.6 is 0 Å². The summed E-state index contributed by atoms with van der Waals surface area (Å²) in [5.41, 5.74) is 2.28. The van der Waals surface area contributed by atoms with Gasteiger partial charge >= 0.3 is 0 Å². The number of aromatic nitrogens is 2. The van der Waals surface area contributed by atoms with Gasteiger partial charge in [-0.05, 0) is 12.8 Å². The fraction of sp³-hybridized carbons (Fsp3) is 0.667. The van der Waals surface area contributed by atoms with Crippen molar-refractivity contribution in [2.45, 2.75) is 31.3 Å². The van der Waals surface area contributed by atoms with Crippen molar-refractivity contribution in [1.82, 2.24) is 15.1 Å². The average molecular weight is 179 g/mol. The van der Waals surface area contributed by atoms with Crippen LogP contribution in [0.4, 0.5) is 0 Å². The van der Waals surface area contributed by atoms with Crippen molar-refractivity contribution in [2.75, 3.05) is 0 Å². The van der Waals surface area contributed by atoms with E-state index < -0.39 is 0 Å². The third-order valence-corrected chi connectivity index (χ3v) is 3.20. The predicted molar refractivity (Wildman–Crippen MR) is 48.6 cm³/mol. The molecule has 70 valence electrons. The first-order valence-electron chi connectivity index (χ1n) is 4.79. The number of H-pyrrole nitrogens is 1. The summed E-state index contributed by atoms with van der Waals surface area (Å²) < 4.78 is 1.59. The Hall–Kier alpha value is -1.03. The largest absolute Gasteiger partial charge is 0.307 e. The van der Waals surface area contributed by atoms with Gasteiger partial charge in [-0.1, -0.05) is 0 Å². The summed E-state index contributed by atoms with van der Waals surface area (Å²) in [7, 11) is 1.79. The van der Waals surface area contributed by atoms with Crippen molar-refractivity contribution in [2.24, 2.45) is 7.05 Å². The molecule has 1 aromatic heterocycles. The third-order valence-electron chi connectivity index (χ3n) is 3.20. The predicted octanol–water partition coefficient (Wildman–Crippen LogP) is 0.0626. The van der Waals surface area contributed by atoms with Crippen molar-refractivity contribution in [3.63, 3.8) is 0 Å². The number of fused-ring (bicyclic) bond motifs is 4. The first-order valence-corrected chi connectivity index (χ1v) is 4.79. The molecule has 2 atom stereocenters. The number of hydrogen-bond donors (Lipinski definition) is 2. The van der Waals surface area contributed by atoms with Crippen molar-refractivity contribution in [3.05, 3.63) is 21.6 Å². The van der Waals surface area contributed by atoms with Crippen LogP contribution in [-0.2, 0) is 13.5 Å². The fourth-order valence-electron chi connectivity index (χ4n) is 2.59. The Balaban J connectivity index is 2.22. The molecule has 1 fully saturated rings. The van der Waals surface area contributed by atoms with E-state index in [1.807, 2.05) is 0 Å². The molecule has 1 saturated heterocycles. The van der Waals surface area contributed by atoms with E-state index in [0.717, 1.165) is 24.1 Å². The molecule has 0 aliphatic carbocycles. The van der Waals surface area contributed by atoms with Gasteiger partial charge in [0.15, 0.2) is 0 Å². The molecular weight excluding hydrogens is 166 g/mol. The number of aromatic amines is 1. The van der Waals surface area contributed by atoms with Gasteiger partial charge < -0.3 is 5.32 Å². The summed E-state index contributed by atoms with van der Waals surface area (Å²) in [6.45, 7) is 0. The van der Waals surface area contributed by atoms with Crippen LogP contribution < -0.4 is 10.9 Å². The summed E-state index contributed by atoms with van der Waals surface area (Å²) in [5.74, 6) is 0. The van der Waals surface area contributed by atoms with E-state index in [2.05, 4.69) is 10.4 Å². The van der Waals surface area contributed by atoms with Gasteiger partial charge in [0.25, 0.3) is 5.56 Å². The lowest BCUT2D eigenvalue weighted by molar-refractivity contribution is 0.509. The highest BCUT2D eigenvalue weighted by atomic mass is 16.1. The quantitative estimate of drug-likeness (QED) is 0.592. The monoisotopic (exact) mass is 179 g/mol. The van der Waals surface area contributed by atoms with E-state index in [1.165, 1.54) is 6.42 Å². The molecule has 4 heteroatoms. The van der Waals surface area contributed by atoms with Gasteiger partial charge in [0, 0.05) is 31.2 Å². The standard InChI is InChI=1S/C9H13N3O/c1-12-9(13)8-6-3-2-5(10-6)4-7(8)11-12/h5-6,10-11H,2-4H2,1H3/t5-,6-/m0/s1. The zero-order valence-corrected chi connectivity index (χ0v) is 7.63. The fourth-order valence-corrected chi connectivity index (χ4v) is 2.59. The number of rotatable bonds is 0. The number of nitrogens with one attached hydrogen (secondary N) is 2. The molecule has 0 amide bonds.